The molecule has 0 N–H and O–H groups in total. The number of carbonyl (C=O) groups excluding carboxylic acids is 1. The van der Waals surface area contributed by atoms with Gasteiger partial charge in [0.05, 0.1) is 12.3 Å². The van der Waals surface area contributed by atoms with E-state index in [1.807, 2.05) is 61.7 Å². The van der Waals surface area contributed by atoms with Crippen molar-refractivity contribution in [1.82, 2.24) is 14.7 Å². The van der Waals surface area contributed by atoms with Crippen LogP contribution in [0.1, 0.15) is 31.2 Å². The lowest BCUT2D eigenvalue weighted by Gasteiger charge is -2.23. The first-order valence-electron chi connectivity index (χ1n) is 12.2. The van der Waals surface area contributed by atoms with Crippen molar-refractivity contribution in [2.45, 2.75) is 32.6 Å². The van der Waals surface area contributed by atoms with Crippen LogP contribution in [0.3, 0.4) is 0 Å². The predicted octanol–water partition coefficient (Wildman–Crippen LogP) is 6.33. The lowest BCUT2D eigenvalue weighted by atomic mass is 10.1. The Kier molecular flexibility index (Phi) is 7.39. The summed E-state index contributed by atoms with van der Waals surface area (Å²) in [6.45, 7) is 4.81. The minimum absolute atomic E-state index is 0.0719. The third-order valence-electron chi connectivity index (χ3n) is 6.34. The van der Waals surface area contributed by atoms with E-state index in [0.29, 0.717) is 25.3 Å². The van der Waals surface area contributed by atoms with Crippen molar-refractivity contribution in [2.75, 3.05) is 13.2 Å². The molecule has 6 nitrogen and oxygen atoms in total. The highest BCUT2D eigenvalue weighted by atomic mass is 79.9. The molecular formula is C29H27BrFN3O3. The van der Waals surface area contributed by atoms with Crippen LogP contribution >= 0.6 is 15.9 Å². The van der Waals surface area contributed by atoms with Gasteiger partial charge in [-0.1, -0.05) is 28.1 Å². The van der Waals surface area contributed by atoms with Gasteiger partial charge in [-0.3, -0.25) is 4.79 Å². The summed E-state index contributed by atoms with van der Waals surface area (Å²) in [5.41, 5.74) is 4.09. The molecule has 1 aromatic heterocycles. The molecule has 3 aromatic carbocycles. The zero-order valence-electron chi connectivity index (χ0n) is 20.6. The number of nitrogens with zero attached hydrogens (tertiary/aromatic N) is 3. The van der Waals surface area contributed by atoms with Gasteiger partial charge >= 0.3 is 0 Å². The summed E-state index contributed by atoms with van der Waals surface area (Å²) in [6.07, 6.45) is 1.36. The molecule has 0 spiro atoms. The average Bonchev–Trinajstić information content (AvgIpc) is 3.46. The van der Waals surface area contributed by atoms with Gasteiger partial charge in [0.15, 0.2) is 6.23 Å². The van der Waals surface area contributed by atoms with Gasteiger partial charge < -0.3 is 14.4 Å². The molecule has 8 heteroatoms. The van der Waals surface area contributed by atoms with Crippen LogP contribution in [-0.2, 0) is 16.0 Å². The quantitative estimate of drug-likeness (QED) is 0.251. The fraction of sp³-hybridized carbons (Fsp3) is 0.241. The fourth-order valence-electron chi connectivity index (χ4n) is 4.44. The summed E-state index contributed by atoms with van der Waals surface area (Å²) in [7, 11) is 0. The minimum atomic E-state index is -0.616. The first-order valence-corrected chi connectivity index (χ1v) is 13.0. The van der Waals surface area contributed by atoms with Crippen molar-refractivity contribution in [3.8, 4) is 22.7 Å². The summed E-state index contributed by atoms with van der Waals surface area (Å²) >= 11 is 3.47. The number of halogens is 2. The second-order valence-electron chi connectivity index (χ2n) is 8.85. The number of ether oxygens (including phenoxy) is 2. The monoisotopic (exact) mass is 563 g/mol. The van der Waals surface area contributed by atoms with Crippen molar-refractivity contribution in [1.29, 1.82) is 0 Å². The van der Waals surface area contributed by atoms with Gasteiger partial charge in [0.2, 0.25) is 0 Å². The summed E-state index contributed by atoms with van der Waals surface area (Å²) < 4.78 is 28.1. The van der Waals surface area contributed by atoms with Gasteiger partial charge in [-0.15, -0.1) is 0 Å². The van der Waals surface area contributed by atoms with E-state index in [-0.39, 0.29) is 11.7 Å². The van der Waals surface area contributed by atoms with E-state index in [2.05, 4.69) is 15.9 Å². The molecule has 2 atom stereocenters. The van der Waals surface area contributed by atoms with Gasteiger partial charge in [-0.2, -0.15) is 5.10 Å². The number of carbonyl (C=O) groups is 1. The van der Waals surface area contributed by atoms with Crippen LogP contribution in [0.2, 0.25) is 0 Å². The highest BCUT2D eigenvalue weighted by Gasteiger charge is 2.40. The molecule has 0 aliphatic carbocycles. The van der Waals surface area contributed by atoms with E-state index in [1.165, 1.54) is 12.1 Å². The van der Waals surface area contributed by atoms with Gasteiger partial charge in [-0.05, 0) is 86.5 Å². The zero-order valence-corrected chi connectivity index (χ0v) is 22.2. The van der Waals surface area contributed by atoms with E-state index < -0.39 is 12.3 Å². The lowest BCUT2D eigenvalue weighted by molar-refractivity contribution is -0.130. The van der Waals surface area contributed by atoms with Gasteiger partial charge in [0.25, 0.3) is 5.91 Å². The number of amides is 1. The van der Waals surface area contributed by atoms with E-state index in [9.17, 15) is 9.18 Å². The second-order valence-corrected chi connectivity index (χ2v) is 9.77. The molecule has 1 saturated heterocycles. The first kappa shape index (κ1) is 25.2. The van der Waals surface area contributed by atoms with Crippen molar-refractivity contribution in [3.63, 3.8) is 0 Å². The Morgan fingerprint density at radius 2 is 1.73 bits per heavy atom. The molecule has 0 saturated carbocycles. The molecular weight excluding hydrogens is 537 g/mol. The fourth-order valence-corrected chi connectivity index (χ4v) is 4.70. The number of benzene rings is 3. The molecule has 1 fully saturated rings. The van der Waals surface area contributed by atoms with Gasteiger partial charge in [0, 0.05) is 28.3 Å². The summed E-state index contributed by atoms with van der Waals surface area (Å²) in [6, 6.07) is 21.9. The van der Waals surface area contributed by atoms with Crippen LogP contribution in [0.15, 0.2) is 83.5 Å². The normalized spacial score (nSPS) is 17.4. The number of rotatable bonds is 8. The molecule has 1 amide bonds. The maximum absolute atomic E-state index is 13.7. The topological polar surface area (TPSA) is 56.6 Å². The average molecular weight is 564 g/mol. The Labute approximate surface area is 223 Å². The summed E-state index contributed by atoms with van der Waals surface area (Å²) in [5, 5.41) is 4.83. The molecule has 1 aliphatic rings. The maximum Gasteiger partial charge on any atom is 0.253 e. The molecule has 4 aromatic rings. The van der Waals surface area contributed by atoms with E-state index in [4.69, 9.17) is 14.6 Å². The van der Waals surface area contributed by atoms with E-state index in [1.54, 1.807) is 28.6 Å². The molecule has 37 heavy (non-hydrogen) atoms. The number of hydrogen-bond acceptors (Lipinski definition) is 4. The zero-order chi connectivity index (χ0) is 25.9. The Hall–Kier alpha value is -3.49. The molecule has 1 aliphatic heterocycles. The molecule has 2 heterocycles. The molecule has 5 rings (SSSR count). The van der Waals surface area contributed by atoms with Crippen molar-refractivity contribution >= 4 is 21.8 Å². The first-order chi connectivity index (χ1) is 17.9. The number of hydrogen-bond donors (Lipinski definition) is 0. The highest BCUT2D eigenvalue weighted by molar-refractivity contribution is 9.10. The van der Waals surface area contributed by atoms with Crippen molar-refractivity contribution in [2.24, 2.45) is 0 Å². The smallest absolute Gasteiger partial charge is 0.253 e. The Balaban J connectivity index is 1.48. The van der Waals surface area contributed by atoms with Gasteiger partial charge in [-0.25, -0.2) is 9.07 Å². The van der Waals surface area contributed by atoms with Crippen LogP contribution < -0.4 is 4.74 Å². The van der Waals surface area contributed by atoms with Crippen LogP contribution in [0, 0.1) is 5.82 Å². The molecule has 190 valence electrons. The van der Waals surface area contributed by atoms with Crippen molar-refractivity contribution in [3.05, 3.63) is 100 Å². The van der Waals surface area contributed by atoms with Crippen LogP contribution in [0.5, 0.6) is 5.75 Å². The lowest BCUT2D eigenvalue weighted by Crippen LogP contribution is -2.32. The molecule has 0 unspecified atom stereocenters. The third kappa shape index (κ3) is 5.45. The van der Waals surface area contributed by atoms with Crippen molar-refractivity contribution < 1.29 is 18.7 Å². The molecule has 0 bridgehead atoms. The third-order valence-corrected chi connectivity index (χ3v) is 6.87. The summed E-state index contributed by atoms with van der Waals surface area (Å²) in [4.78, 5) is 14.9. The SMILES string of the molecule is CCOc1ccc(CCN2C(=O)[C@@H](C)O[C@@H]2c2cn(-c3ccc(Br)cc3)nc2-c2ccc(F)cc2)cc1. The van der Waals surface area contributed by atoms with Crippen LogP contribution in [-0.4, -0.2) is 39.8 Å². The van der Waals surface area contributed by atoms with Crippen LogP contribution in [0.4, 0.5) is 4.39 Å². The highest BCUT2D eigenvalue weighted by Crippen LogP contribution is 2.37. The number of aromatic nitrogens is 2. The van der Waals surface area contributed by atoms with Crippen LogP contribution in [0.25, 0.3) is 16.9 Å². The molecule has 0 radical (unpaired) electrons. The Bertz CT molecular complexity index is 1370. The van der Waals surface area contributed by atoms with E-state index >= 15 is 0 Å². The Morgan fingerprint density at radius 1 is 1.03 bits per heavy atom. The maximum atomic E-state index is 13.7. The van der Waals surface area contributed by atoms with Gasteiger partial charge in [0.1, 0.15) is 23.4 Å². The van der Waals surface area contributed by atoms with E-state index in [0.717, 1.165) is 32.6 Å². The second kappa shape index (κ2) is 10.9. The predicted molar refractivity (Wildman–Crippen MR) is 143 cm³/mol. The summed E-state index contributed by atoms with van der Waals surface area (Å²) in [5.74, 6) is 0.426. The largest absolute Gasteiger partial charge is 0.494 e. The Morgan fingerprint density at radius 3 is 2.41 bits per heavy atom. The standard InChI is InChI=1S/C29H27BrFN3O3/c1-3-36-25-14-4-20(5-15-25)16-17-33-28(35)19(2)37-29(33)26-18-34(24-12-8-22(30)9-13-24)32-27(26)21-6-10-23(31)11-7-21/h4-15,18-19,29H,3,16-17H2,1-2H3/t19-,29-/m1/s1. The minimum Gasteiger partial charge on any atom is -0.494 e.